The lowest BCUT2D eigenvalue weighted by atomic mass is 9.88. The van der Waals surface area contributed by atoms with Crippen LogP contribution in [-0.4, -0.2) is 69.7 Å². The molecule has 0 saturated carbocycles. The van der Waals surface area contributed by atoms with Crippen molar-refractivity contribution in [3.63, 3.8) is 0 Å². The van der Waals surface area contributed by atoms with Crippen molar-refractivity contribution in [2.75, 3.05) is 59.3 Å². The van der Waals surface area contributed by atoms with Gasteiger partial charge in [-0.15, -0.1) is 0 Å². The minimum atomic E-state index is 0.0463. The van der Waals surface area contributed by atoms with Crippen molar-refractivity contribution in [1.29, 1.82) is 0 Å². The van der Waals surface area contributed by atoms with Crippen molar-refractivity contribution in [2.24, 2.45) is 5.73 Å². The Morgan fingerprint density at radius 2 is 1.70 bits per heavy atom. The van der Waals surface area contributed by atoms with Crippen LogP contribution < -0.4 is 5.73 Å². The van der Waals surface area contributed by atoms with Gasteiger partial charge in [-0.2, -0.15) is 0 Å². The fourth-order valence-electron chi connectivity index (χ4n) is 2.87. The Morgan fingerprint density at radius 1 is 1.05 bits per heavy atom. The van der Waals surface area contributed by atoms with E-state index >= 15 is 0 Å². The summed E-state index contributed by atoms with van der Waals surface area (Å²) in [5, 5.41) is 0. The minimum Gasteiger partial charge on any atom is -0.381 e. The number of hydrogen-bond donors (Lipinski definition) is 1. The standard InChI is InChI=1S/C15H32N2O3/c1-3-18-12-8-17(9-13-19-4-2)15(14-16)6-5-10-20-11-7-15/h3-14,16H2,1-2H3. The van der Waals surface area contributed by atoms with Crippen LogP contribution in [0.1, 0.15) is 33.1 Å². The molecule has 5 heteroatoms. The summed E-state index contributed by atoms with van der Waals surface area (Å²) in [4.78, 5) is 2.47. The molecule has 1 saturated heterocycles. The van der Waals surface area contributed by atoms with Crippen LogP contribution in [0.4, 0.5) is 0 Å². The van der Waals surface area contributed by atoms with E-state index in [9.17, 15) is 0 Å². The lowest BCUT2D eigenvalue weighted by Crippen LogP contribution is -2.56. The van der Waals surface area contributed by atoms with E-state index in [1.54, 1.807) is 0 Å². The average molecular weight is 288 g/mol. The number of nitrogens with two attached hydrogens (primary N) is 1. The molecule has 0 aliphatic carbocycles. The van der Waals surface area contributed by atoms with Gasteiger partial charge in [-0.25, -0.2) is 0 Å². The molecule has 0 amide bonds. The highest BCUT2D eigenvalue weighted by atomic mass is 16.5. The Labute approximate surface area is 123 Å². The van der Waals surface area contributed by atoms with Gasteiger partial charge in [-0.3, -0.25) is 4.90 Å². The van der Waals surface area contributed by atoms with Gasteiger partial charge in [0.25, 0.3) is 0 Å². The maximum absolute atomic E-state index is 6.14. The topological polar surface area (TPSA) is 57.0 Å². The Bertz CT molecular complexity index is 221. The van der Waals surface area contributed by atoms with Gasteiger partial charge in [0.1, 0.15) is 0 Å². The lowest BCUT2D eigenvalue weighted by Gasteiger charge is -2.43. The molecule has 0 aromatic rings. The molecule has 20 heavy (non-hydrogen) atoms. The third-order valence-electron chi connectivity index (χ3n) is 4.11. The highest BCUT2D eigenvalue weighted by molar-refractivity contribution is 4.93. The molecule has 1 aliphatic heterocycles. The van der Waals surface area contributed by atoms with Crippen LogP contribution in [0, 0.1) is 0 Å². The molecule has 0 radical (unpaired) electrons. The predicted molar refractivity (Wildman–Crippen MR) is 81.0 cm³/mol. The smallest absolute Gasteiger partial charge is 0.0593 e. The van der Waals surface area contributed by atoms with Gasteiger partial charge in [0.05, 0.1) is 13.2 Å². The fraction of sp³-hybridized carbons (Fsp3) is 1.00. The molecular formula is C15H32N2O3. The second-order valence-corrected chi connectivity index (χ2v) is 5.28. The number of hydrogen-bond acceptors (Lipinski definition) is 5. The van der Waals surface area contributed by atoms with Crippen LogP contribution in [0.3, 0.4) is 0 Å². The summed E-state index contributed by atoms with van der Waals surface area (Å²) >= 11 is 0. The van der Waals surface area contributed by atoms with Crippen molar-refractivity contribution in [3.05, 3.63) is 0 Å². The molecule has 1 atom stereocenters. The van der Waals surface area contributed by atoms with Gasteiger partial charge in [-0.1, -0.05) is 0 Å². The lowest BCUT2D eigenvalue weighted by molar-refractivity contribution is 0.0120. The Hall–Kier alpha value is -0.200. The summed E-state index contributed by atoms with van der Waals surface area (Å²) in [7, 11) is 0. The number of ether oxygens (including phenoxy) is 3. The van der Waals surface area contributed by atoms with Crippen LogP contribution in [0.2, 0.25) is 0 Å². The SMILES string of the molecule is CCOCCN(CCOCC)C1(CN)CCCOCC1. The molecule has 120 valence electrons. The summed E-state index contributed by atoms with van der Waals surface area (Å²) < 4.78 is 16.7. The van der Waals surface area contributed by atoms with Crippen LogP contribution in [0.15, 0.2) is 0 Å². The van der Waals surface area contributed by atoms with E-state index in [1.807, 2.05) is 13.8 Å². The molecule has 0 bridgehead atoms. The maximum Gasteiger partial charge on any atom is 0.0593 e. The highest BCUT2D eigenvalue weighted by Gasteiger charge is 2.35. The maximum atomic E-state index is 6.14. The van der Waals surface area contributed by atoms with Crippen LogP contribution >= 0.6 is 0 Å². The van der Waals surface area contributed by atoms with Gasteiger partial charge in [0.2, 0.25) is 0 Å². The van der Waals surface area contributed by atoms with E-state index in [-0.39, 0.29) is 5.54 Å². The zero-order chi connectivity index (χ0) is 14.7. The summed E-state index contributed by atoms with van der Waals surface area (Å²) in [6.45, 7) is 11.3. The first-order chi connectivity index (χ1) is 9.79. The first-order valence-corrected chi connectivity index (χ1v) is 7.97. The van der Waals surface area contributed by atoms with Crippen molar-refractivity contribution in [2.45, 2.75) is 38.6 Å². The molecule has 0 spiro atoms. The average Bonchev–Trinajstić information content (AvgIpc) is 2.72. The zero-order valence-corrected chi connectivity index (χ0v) is 13.2. The molecule has 1 rings (SSSR count). The van der Waals surface area contributed by atoms with E-state index in [2.05, 4.69) is 4.90 Å². The zero-order valence-electron chi connectivity index (χ0n) is 13.2. The van der Waals surface area contributed by atoms with E-state index in [4.69, 9.17) is 19.9 Å². The van der Waals surface area contributed by atoms with Crippen molar-refractivity contribution < 1.29 is 14.2 Å². The Balaban J connectivity index is 2.63. The molecular weight excluding hydrogens is 256 g/mol. The second-order valence-electron chi connectivity index (χ2n) is 5.28. The van der Waals surface area contributed by atoms with Crippen molar-refractivity contribution >= 4 is 0 Å². The normalized spacial score (nSPS) is 24.0. The number of rotatable bonds is 10. The third-order valence-corrected chi connectivity index (χ3v) is 4.11. The Morgan fingerprint density at radius 3 is 2.25 bits per heavy atom. The molecule has 1 aliphatic rings. The molecule has 1 unspecified atom stereocenters. The molecule has 5 nitrogen and oxygen atoms in total. The Kier molecular flexibility index (Phi) is 9.39. The molecule has 0 aromatic carbocycles. The van der Waals surface area contributed by atoms with Crippen LogP contribution in [-0.2, 0) is 14.2 Å². The van der Waals surface area contributed by atoms with Gasteiger partial charge >= 0.3 is 0 Å². The minimum absolute atomic E-state index is 0.0463. The van der Waals surface area contributed by atoms with Crippen LogP contribution in [0.25, 0.3) is 0 Å². The molecule has 0 aromatic heterocycles. The van der Waals surface area contributed by atoms with Gasteiger partial charge in [-0.05, 0) is 33.1 Å². The van der Waals surface area contributed by atoms with E-state index in [0.717, 1.165) is 72.0 Å². The van der Waals surface area contributed by atoms with E-state index in [1.165, 1.54) is 0 Å². The first kappa shape index (κ1) is 17.9. The van der Waals surface area contributed by atoms with Crippen molar-refractivity contribution in [1.82, 2.24) is 4.90 Å². The number of nitrogens with zero attached hydrogens (tertiary/aromatic N) is 1. The summed E-state index contributed by atoms with van der Waals surface area (Å²) in [5.41, 5.74) is 6.18. The summed E-state index contributed by atoms with van der Waals surface area (Å²) in [6.07, 6.45) is 3.18. The van der Waals surface area contributed by atoms with Crippen LogP contribution in [0.5, 0.6) is 0 Å². The van der Waals surface area contributed by atoms with Gasteiger partial charge in [0, 0.05) is 51.6 Å². The quantitative estimate of drug-likeness (QED) is 0.613. The fourth-order valence-corrected chi connectivity index (χ4v) is 2.87. The first-order valence-electron chi connectivity index (χ1n) is 7.97. The predicted octanol–water partition coefficient (Wildman–Crippen LogP) is 1.26. The van der Waals surface area contributed by atoms with E-state index < -0.39 is 0 Å². The summed E-state index contributed by atoms with van der Waals surface area (Å²) in [6, 6.07) is 0. The second kappa shape index (κ2) is 10.5. The third kappa shape index (κ3) is 5.66. The largest absolute Gasteiger partial charge is 0.381 e. The van der Waals surface area contributed by atoms with E-state index in [0.29, 0.717) is 6.54 Å². The molecule has 1 fully saturated rings. The summed E-state index contributed by atoms with van der Waals surface area (Å²) in [5.74, 6) is 0. The molecule has 2 N–H and O–H groups in total. The van der Waals surface area contributed by atoms with Crippen molar-refractivity contribution in [3.8, 4) is 0 Å². The van der Waals surface area contributed by atoms with Gasteiger partial charge < -0.3 is 19.9 Å². The van der Waals surface area contributed by atoms with Gasteiger partial charge in [0.15, 0.2) is 0 Å². The highest BCUT2D eigenvalue weighted by Crippen LogP contribution is 2.27. The monoisotopic (exact) mass is 288 g/mol. The molecule has 1 heterocycles.